The van der Waals surface area contributed by atoms with Gasteiger partial charge in [-0.15, -0.1) is 0 Å². The second-order valence-electron chi connectivity index (χ2n) is 9.16. The first kappa shape index (κ1) is 23.8. The molecule has 5 nitrogen and oxygen atoms in total. The quantitative estimate of drug-likeness (QED) is 0.343. The lowest BCUT2D eigenvalue weighted by Crippen LogP contribution is -2.26. The molecule has 1 saturated carbocycles. The molecule has 0 aromatic carbocycles. The minimum atomic E-state index is -0.501. The molecule has 3 atom stereocenters. The van der Waals surface area contributed by atoms with Crippen LogP contribution in [0.15, 0.2) is 36.0 Å². The number of aliphatic hydroxyl groups excluding tert-OH is 2. The summed E-state index contributed by atoms with van der Waals surface area (Å²) in [5, 5.41) is 20.7. The van der Waals surface area contributed by atoms with Crippen LogP contribution < -0.4 is 0 Å². The number of esters is 1. The van der Waals surface area contributed by atoms with Crippen molar-refractivity contribution in [2.75, 3.05) is 13.2 Å². The molecule has 0 aliphatic heterocycles. The monoisotopic (exact) mass is 406 g/mol. The fourth-order valence-corrected chi connectivity index (χ4v) is 4.01. The Bertz CT molecular complexity index is 593. The molecule has 2 N–H and O–H groups in total. The van der Waals surface area contributed by atoms with Gasteiger partial charge in [0, 0.05) is 5.92 Å². The molecular formula is C24H38O5. The van der Waals surface area contributed by atoms with Crippen LogP contribution in [0.4, 0.5) is 0 Å². The Morgan fingerprint density at radius 1 is 1.24 bits per heavy atom. The van der Waals surface area contributed by atoms with Crippen LogP contribution in [0.5, 0.6) is 0 Å². The lowest BCUT2D eigenvalue weighted by Gasteiger charge is -2.25. The molecule has 2 rings (SSSR count). The topological polar surface area (TPSA) is 76.0 Å². The van der Waals surface area contributed by atoms with E-state index in [2.05, 4.69) is 6.08 Å². The van der Waals surface area contributed by atoms with Gasteiger partial charge in [0.15, 0.2) is 0 Å². The van der Waals surface area contributed by atoms with Crippen molar-refractivity contribution in [2.45, 2.75) is 83.5 Å². The van der Waals surface area contributed by atoms with Crippen LogP contribution in [-0.4, -0.2) is 47.2 Å². The van der Waals surface area contributed by atoms with Crippen LogP contribution in [0.25, 0.3) is 0 Å². The van der Waals surface area contributed by atoms with Crippen molar-refractivity contribution < 1.29 is 24.5 Å². The molecule has 2 aliphatic rings. The van der Waals surface area contributed by atoms with Crippen molar-refractivity contribution in [2.24, 2.45) is 11.8 Å². The second kappa shape index (κ2) is 11.7. The number of rotatable bonds is 9. The van der Waals surface area contributed by atoms with Gasteiger partial charge in [0.05, 0.1) is 18.8 Å². The first-order valence-corrected chi connectivity index (χ1v) is 10.9. The van der Waals surface area contributed by atoms with E-state index in [1.54, 1.807) is 0 Å². The number of hydrogen-bond acceptors (Lipinski definition) is 5. The van der Waals surface area contributed by atoms with Crippen molar-refractivity contribution in [3.8, 4) is 0 Å². The summed E-state index contributed by atoms with van der Waals surface area (Å²) < 4.78 is 10.5. The molecule has 0 saturated heterocycles. The summed E-state index contributed by atoms with van der Waals surface area (Å²) in [7, 11) is 0. The lowest BCUT2D eigenvalue weighted by molar-refractivity contribution is -0.159. The van der Waals surface area contributed by atoms with Crippen LogP contribution >= 0.6 is 0 Å². The molecule has 29 heavy (non-hydrogen) atoms. The highest BCUT2D eigenvalue weighted by atomic mass is 16.6. The molecule has 0 unspecified atom stereocenters. The molecule has 0 heterocycles. The molecule has 2 aliphatic carbocycles. The number of allylic oxidation sites excluding steroid dienone is 1. The fourth-order valence-electron chi connectivity index (χ4n) is 4.01. The second-order valence-corrected chi connectivity index (χ2v) is 9.16. The Balaban J connectivity index is 1.72. The Hall–Kier alpha value is -1.43. The van der Waals surface area contributed by atoms with Gasteiger partial charge in [0.1, 0.15) is 12.2 Å². The van der Waals surface area contributed by atoms with Gasteiger partial charge in [0.25, 0.3) is 0 Å². The van der Waals surface area contributed by atoms with E-state index in [1.165, 1.54) is 19.3 Å². The Kier molecular flexibility index (Phi) is 9.60. The molecule has 5 heteroatoms. The van der Waals surface area contributed by atoms with Gasteiger partial charge in [0.2, 0.25) is 0 Å². The number of carbonyl (C=O) groups excluding carboxylic acids is 1. The molecule has 0 aromatic heterocycles. The summed E-state index contributed by atoms with van der Waals surface area (Å²) in [6.07, 6.45) is 16.2. The maximum atomic E-state index is 11.6. The Morgan fingerprint density at radius 2 is 1.97 bits per heavy atom. The van der Waals surface area contributed by atoms with Gasteiger partial charge < -0.3 is 19.7 Å². The zero-order valence-corrected chi connectivity index (χ0v) is 18.2. The summed E-state index contributed by atoms with van der Waals surface area (Å²) in [4.78, 5) is 11.6. The van der Waals surface area contributed by atoms with E-state index in [0.717, 1.165) is 24.8 Å². The SMILES string of the molecule is CC(C)(C)OC(=O)COC/C=C\CC1=CC[C@@H](O)[C@@H]1/C=C/[C@@H](O)C1CCCCC1. The van der Waals surface area contributed by atoms with E-state index in [9.17, 15) is 15.0 Å². The summed E-state index contributed by atoms with van der Waals surface area (Å²) in [5.74, 6) is -0.0530. The normalized spacial score (nSPS) is 24.9. The standard InChI is InChI=1S/C24H38O5/c1-24(2,3)29-23(27)17-28-16-8-7-9-18-12-14-22(26)20(18)13-15-21(25)19-10-5-4-6-11-19/h7-8,12-13,15,19-22,25-26H,4-6,9-11,14,16-17H2,1-3H3/b8-7-,15-13+/t20-,21-,22-/m1/s1. The minimum Gasteiger partial charge on any atom is -0.458 e. The Labute approximate surface area is 175 Å². The lowest BCUT2D eigenvalue weighted by atomic mass is 9.84. The summed E-state index contributed by atoms with van der Waals surface area (Å²) in [6.45, 7) is 5.76. The molecule has 1 fully saturated rings. The van der Waals surface area contributed by atoms with E-state index >= 15 is 0 Å². The van der Waals surface area contributed by atoms with Crippen LogP contribution in [-0.2, 0) is 14.3 Å². The van der Waals surface area contributed by atoms with E-state index in [1.807, 2.05) is 45.1 Å². The van der Waals surface area contributed by atoms with Crippen LogP contribution in [0, 0.1) is 11.8 Å². The molecule has 0 aromatic rings. The van der Waals surface area contributed by atoms with Crippen molar-refractivity contribution in [3.05, 3.63) is 36.0 Å². The van der Waals surface area contributed by atoms with Gasteiger partial charge in [-0.3, -0.25) is 0 Å². The maximum absolute atomic E-state index is 11.6. The number of aliphatic hydroxyl groups is 2. The van der Waals surface area contributed by atoms with Gasteiger partial charge in [-0.05, 0) is 52.4 Å². The number of ether oxygens (including phenoxy) is 2. The number of carbonyl (C=O) groups is 1. The maximum Gasteiger partial charge on any atom is 0.332 e. The number of hydrogen-bond donors (Lipinski definition) is 2. The van der Waals surface area contributed by atoms with Crippen molar-refractivity contribution >= 4 is 5.97 Å². The highest BCUT2D eigenvalue weighted by Gasteiger charge is 2.26. The average molecular weight is 407 g/mol. The van der Waals surface area contributed by atoms with Gasteiger partial charge in [-0.1, -0.05) is 55.2 Å². The molecule has 164 valence electrons. The zero-order chi connectivity index (χ0) is 21.3. The molecule has 0 amide bonds. The first-order valence-electron chi connectivity index (χ1n) is 10.9. The van der Waals surface area contributed by atoms with E-state index in [4.69, 9.17) is 9.47 Å². The first-order chi connectivity index (χ1) is 13.8. The third kappa shape index (κ3) is 8.85. The van der Waals surface area contributed by atoms with Gasteiger partial charge in [-0.2, -0.15) is 0 Å². The predicted molar refractivity (Wildman–Crippen MR) is 114 cm³/mol. The van der Waals surface area contributed by atoms with Crippen molar-refractivity contribution in [3.63, 3.8) is 0 Å². The van der Waals surface area contributed by atoms with Crippen LogP contribution in [0.2, 0.25) is 0 Å². The highest BCUT2D eigenvalue weighted by Crippen LogP contribution is 2.32. The predicted octanol–water partition coefficient (Wildman–Crippen LogP) is 4.10. The van der Waals surface area contributed by atoms with E-state index in [0.29, 0.717) is 18.9 Å². The summed E-state index contributed by atoms with van der Waals surface area (Å²) >= 11 is 0. The smallest absolute Gasteiger partial charge is 0.332 e. The molecular weight excluding hydrogens is 368 g/mol. The van der Waals surface area contributed by atoms with Crippen LogP contribution in [0.3, 0.4) is 0 Å². The third-order valence-corrected chi connectivity index (χ3v) is 5.49. The van der Waals surface area contributed by atoms with Gasteiger partial charge >= 0.3 is 5.97 Å². The minimum absolute atomic E-state index is 0.0411. The van der Waals surface area contributed by atoms with Crippen molar-refractivity contribution in [1.29, 1.82) is 0 Å². The molecule has 0 bridgehead atoms. The van der Waals surface area contributed by atoms with E-state index in [-0.39, 0.29) is 18.5 Å². The van der Waals surface area contributed by atoms with Crippen LogP contribution in [0.1, 0.15) is 65.7 Å². The summed E-state index contributed by atoms with van der Waals surface area (Å²) in [5.41, 5.74) is 0.659. The average Bonchev–Trinajstić information content (AvgIpc) is 3.01. The molecule has 0 radical (unpaired) electrons. The largest absolute Gasteiger partial charge is 0.458 e. The van der Waals surface area contributed by atoms with E-state index < -0.39 is 17.8 Å². The third-order valence-electron chi connectivity index (χ3n) is 5.49. The van der Waals surface area contributed by atoms with Gasteiger partial charge in [-0.25, -0.2) is 4.79 Å². The highest BCUT2D eigenvalue weighted by molar-refractivity contribution is 5.71. The van der Waals surface area contributed by atoms with Crippen molar-refractivity contribution in [1.82, 2.24) is 0 Å². The zero-order valence-electron chi connectivity index (χ0n) is 18.2. The fraction of sp³-hybridized carbons (Fsp3) is 0.708. The molecule has 0 spiro atoms. The summed E-state index contributed by atoms with van der Waals surface area (Å²) in [6, 6.07) is 0. The Morgan fingerprint density at radius 3 is 2.66 bits per heavy atom.